The Morgan fingerprint density at radius 1 is 1.33 bits per heavy atom. The second-order valence-corrected chi connectivity index (χ2v) is 4.63. The van der Waals surface area contributed by atoms with Gasteiger partial charge < -0.3 is 19.5 Å². The Labute approximate surface area is 106 Å². The van der Waals surface area contributed by atoms with Crippen LogP contribution in [-0.4, -0.2) is 36.5 Å². The summed E-state index contributed by atoms with van der Waals surface area (Å²) in [6.07, 6.45) is 0.592. The topological polar surface area (TPSA) is 58.9 Å². The van der Waals surface area contributed by atoms with E-state index in [1.54, 1.807) is 7.11 Å². The van der Waals surface area contributed by atoms with Crippen LogP contribution in [0.25, 0.3) is 0 Å². The number of ether oxygens (including phenoxy) is 2. The Bertz CT molecular complexity index is 396. The number of hydrogen-bond donors (Lipinski definition) is 2. The molecule has 0 aliphatic carbocycles. The SMILES string of the molecule is COC(C)(C)CCOc1cc(B(O)O)ccc1F. The maximum atomic E-state index is 13.4. The summed E-state index contributed by atoms with van der Waals surface area (Å²) in [6, 6.07) is 3.72. The maximum Gasteiger partial charge on any atom is 0.488 e. The summed E-state index contributed by atoms with van der Waals surface area (Å²) in [4.78, 5) is 0. The minimum absolute atomic E-state index is 0.00695. The third-order valence-electron chi connectivity index (χ3n) is 2.77. The number of rotatable bonds is 6. The zero-order valence-electron chi connectivity index (χ0n) is 10.8. The van der Waals surface area contributed by atoms with Gasteiger partial charge in [-0.1, -0.05) is 6.07 Å². The molecule has 0 radical (unpaired) electrons. The van der Waals surface area contributed by atoms with Crippen LogP contribution in [-0.2, 0) is 4.74 Å². The van der Waals surface area contributed by atoms with Crippen LogP contribution in [0.1, 0.15) is 20.3 Å². The van der Waals surface area contributed by atoms with Crippen LogP contribution in [0, 0.1) is 5.82 Å². The fraction of sp³-hybridized carbons (Fsp3) is 0.500. The number of benzene rings is 1. The summed E-state index contributed by atoms with van der Waals surface area (Å²) in [5.74, 6) is -0.526. The Morgan fingerprint density at radius 3 is 2.56 bits per heavy atom. The molecule has 0 bridgehead atoms. The summed E-state index contributed by atoms with van der Waals surface area (Å²) < 4.78 is 23.9. The molecule has 0 atom stereocenters. The van der Waals surface area contributed by atoms with Crippen molar-refractivity contribution in [3.63, 3.8) is 0 Å². The van der Waals surface area contributed by atoms with Gasteiger partial charge in [0.05, 0.1) is 12.2 Å². The molecule has 0 amide bonds. The molecule has 2 N–H and O–H groups in total. The predicted molar refractivity (Wildman–Crippen MR) is 67.4 cm³/mol. The smallest absolute Gasteiger partial charge is 0.488 e. The summed E-state index contributed by atoms with van der Waals surface area (Å²) in [5.41, 5.74) is -0.151. The molecule has 1 rings (SSSR count). The highest BCUT2D eigenvalue weighted by molar-refractivity contribution is 6.58. The van der Waals surface area contributed by atoms with E-state index in [9.17, 15) is 4.39 Å². The number of methoxy groups -OCH3 is 1. The van der Waals surface area contributed by atoms with Crippen molar-refractivity contribution < 1.29 is 23.9 Å². The first kappa shape index (κ1) is 15.0. The minimum atomic E-state index is -1.64. The average molecular weight is 256 g/mol. The Hall–Kier alpha value is -1.11. The van der Waals surface area contributed by atoms with Gasteiger partial charge in [0.2, 0.25) is 0 Å². The fourth-order valence-electron chi connectivity index (χ4n) is 1.30. The first-order chi connectivity index (χ1) is 8.35. The first-order valence-corrected chi connectivity index (χ1v) is 5.69. The van der Waals surface area contributed by atoms with Crippen LogP contribution in [0.4, 0.5) is 4.39 Å². The van der Waals surface area contributed by atoms with Gasteiger partial charge in [-0.15, -0.1) is 0 Å². The van der Waals surface area contributed by atoms with Gasteiger partial charge in [0.15, 0.2) is 11.6 Å². The second-order valence-electron chi connectivity index (χ2n) is 4.63. The van der Waals surface area contributed by atoms with Crippen LogP contribution >= 0.6 is 0 Å². The molecule has 0 saturated heterocycles. The molecule has 4 nitrogen and oxygen atoms in total. The lowest BCUT2D eigenvalue weighted by Crippen LogP contribution is -2.30. The van der Waals surface area contributed by atoms with Crippen molar-refractivity contribution >= 4 is 12.6 Å². The monoisotopic (exact) mass is 256 g/mol. The lowest BCUT2D eigenvalue weighted by molar-refractivity contribution is 0.00514. The van der Waals surface area contributed by atoms with E-state index in [2.05, 4.69) is 0 Å². The zero-order chi connectivity index (χ0) is 13.8. The highest BCUT2D eigenvalue weighted by Crippen LogP contribution is 2.18. The van der Waals surface area contributed by atoms with E-state index in [1.807, 2.05) is 13.8 Å². The van der Waals surface area contributed by atoms with E-state index in [-0.39, 0.29) is 23.4 Å². The summed E-state index contributed by atoms with van der Waals surface area (Å²) in [6.45, 7) is 4.09. The van der Waals surface area contributed by atoms with Gasteiger partial charge in [0.1, 0.15) is 0 Å². The van der Waals surface area contributed by atoms with Gasteiger partial charge in [0, 0.05) is 13.5 Å². The van der Waals surface area contributed by atoms with Crippen LogP contribution in [0.2, 0.25) is 0 Å². The van der Waals surface area contributed by atoms with Crippen LogP contribution in [0.15, 0.2) is 18.2 Å². The molecule has 6 heteroatoms. The standard InChI is InChI=1S/C12H18BFO4/c1-12(2,17-3)6-7-18-11-8-9(13(15)16)4-5-10(11)14/h4-5,8,15-16H,6-7H2,1-3H3. The van der Waals surface area contributed by atoms with Gasteiger partial charge >= 0.3 is 7.12 Å². The maximum absolute atomic E-state index is 13.4. The summed E-state index contributed by atoms with van der Waals surface area (Å²) in [5, 5.41) is 18.0. The van der Waals surface area contributed by atoms with Crippen LogP contribution < -0.4 is 10.2 Å². The Kier molecular flexibility index (Phi) is 5.13. The summed E-state index contributed by atoms with van der Waals surface area (Å²) in [7, 11) is -0.0353. The van der Waals surface area contributed by atoms with Gasteiger partial charge in [-0.25, -0.2) is 4.39 Å². The largest absolute Gasteiger partial charge is 0.490 e. The zero-order valence-corrected chi connectivity index (χ0v) is 10.8. The molecule has 18 heavy (non-hydrogen) atoms. The van der Waals surface area contributed by atoms with Gasteiger partial charge in [-0.2, -0.15) is 0 Å². The highest BCUT2D eigenvalue weighted by Gasteiger charge is 2.18. The van der Waals surface area contributed by atoms with Crippen molar-refractivity contribution in [3.05, 3.63) is 24.0 Å². The van der Waals surface area contributed by atoms with E-state index in [1.165, 1.54) is 12.1 Å². The van der Waals surface area contributed by atoms with Crippen molar-refractivity contribution in [2.75, 3.05) is 13.7 Å². The van der Waals surface area contributed by atoms with Crippen molar-refractivity contribution in [1.82, 2.24) is 0 Å². The Balaban J connectivity index is 2.64. The van der Waals surface area contributed by atoms with E-state index >= 15 is 0 Å². The highest BCUT2D eigenvalue weighted by atomic mass is 19.1. The van der Waals surface area contributed by atoms with Gasteiger partial charge in [-0.05, 0) is 31.4 Å². The molecule has 1 aromatic carbocycles. The van der Waals surface area contributed by atoms with Gasteiger partial charge in [-0.3, -0.25) is 0 Å². The molecule has 0 unspecified atom stereocenters. The normalized spacial score (nSPS) is 11.4. The molecule has 0 heterocycles. The lowest BCUT2D eigenvalue weighted by Gasteiger charge is -2.22. The number of halogens is 1. The molecule has 0 aromatic heterocycles. The third kappa shape index (κ3) is 4.29. The fourth-order valence-corrected chi connectivity index (χ4v) is 1.30. The molecular formula is C12H18BFO4. The number of hydrogen-bond acceptors (Lipinski definition) is 4. The van der Waals surface area contributed by atoms with E-state index < -0.39 is 12.9 Å². The first-order valence-electron chi connectivity index (χ1n) is 5.69. The molecule has 0 aliphatic heterocycles. The predicted octanol–water partition coefficient (Wildman–Crippen LogP) is 0.699. The van der Waals surface area contributed by atoms with E-state index in [4.69, 9.17) is 19.5 Å². The van der Waals surface area contributed by atoms with Crippen molar-refractivity contribution in [2.45, 2.75) is 25.9 Å². The molecule has 1 aromatic rings. The van der Waals surface area contributed by atoms with Crippen LogP contribution in [0.3, 0.4) is 0 Å². The average Bonchev–Trinajstić information content (AvgIpc) is 2.31. The molecule has 0 spiro atoms. The van der Waals surface area contributed by atoms with E-state index in [0.717, 1.165) is 6.07 Å². The van der Waals surface area contributed by atoms with Crippen molar-refractivity contribution in [1.29, 1.82) is 0 Å². The molecule has 0 aliphatic rings. The van der Waals surface area contributed by atoms with Crippen molar-refractivity contribution in [2.24, 2.45) is 0 Å². The lowest BCUT2D eigenvalue weighted by atomic mass is 9.80. The Morgan fingerprint density at radius 2 is 2.00 bits per heavy atom. The molecule has 100 valence electrons. The van der Waals surface area contributed by atoms with E-state index in [0.29, 0.717) is 6.42 Å². The molecule has 0 saturated carbocycles. The minimum Gasteiger partial charge on any atom is -0.490 e. The molecule has 0 fully saturated rings. The second kappa shape index (κ2) is 6.18. The van der Waals surface area contributed by atoms with Gasteiger partial charge in [0.25, 0.3) is 0 Å². The van der Waals surface area contributed by atoms with Crippen molar-refractivity contribution in [3.8, 4) is 5.75 Å². The van der Waals surface area contributed by atoms with Crippen LogP contribution in [0.5, 0.6) is 5.75 Å². The third-order valence-corrected chi connectivity index (χ3v) is 2.77. The molecular weight excluding hydrogens is 238 g/mol. The summed E-state index contributed by atoms with van der Waals surface area (Å²) >= 11 is 0. The quantitative estimate of drug-likeness (QED) is 0.735.